The van der Waals surface area contributed by atoms with Gasteiger partial charge in [0.25, 0.3) is 0 Å². The molecule has 2 saturated heterocycles. The van der Waals surface area contributed by atoms with Crippen molar-refractivity contribution >= 4 is 59.5 Å². The molecule has 15 heteroatoms. The summed E-state index contributed by atoms with van der Waals surface area (Å²) in [7, 11) is 4.63. The van der Waals surface area contributed by atoms with Gasteiger partial charge in [-0.1, -0.05) is 69.2 Å². The van der Waals surface area contributed by atoms with Crippen molar-refractivity contribution < 1.29 is 48.0 Å². The van der Waals surface area contributed by atoms with Crippen LogP contribution >= 0.6 is 24.2 Å². The van der Waals surface area contributed by atoms with Crippen molar-refractivity contribution in [1.82, 2.24) is 5.32 Å². The van der Waals surface area contributed by atoms with Crippen LogP contribution in [0.5, 0.6) is 5.75 Å². The van der Waals surface area contributed by atoms with Crippen LogP contribution in [0.1, 0.15) is 72.8 Å². The highest BCUT2D eigenvalue weighted by Gasteiger charge is 2.64. The molecule has 8 atom stereocenters. The summed E-state index contributed by atoms with van der Waals surface area (Å²) in [5.74, 6) is -1.58. The Morgan fingerprint density at radius 1 is 1.17 bits per heavy atom. The molecule has 0 radical (unpaired) electrons. The topological polar surface area (TPSA) is 165 Å². The van der Waals surface area contributed by atoms with Crippen molar-refractivity contribution in [2.24, 2.45) is 11.8 Å². The molecule has 13 nitrogen and oxygen atoms in total. The van der Waals surface area contributed by atoms with Gasteiger partial charge in [-0.25, -0.2) is 4.79 Å². The number of aliphatic hydroxyl groups is 1. The number of carbonyl (C=O) groups excluding carboxylic acids is 4. The Labute approximate surface area is 351 Å². The van der Waals surface area contributed by atoms with Crippen LogP contribution < -0.4 is 20.3 Å². The summed E-state index contributed by atoms with van der Waals surface area (Å²) < 4.78 is 29.7. The van der Waals surface area contributed by atoms with Crippen molar-refractivity contribution in [3.63, 3.8) is 0 Å². The second kappa shape index (κ2) is 18.5. The predicted molar refractivity (Wildman–Crippen MR) is 225 cm³/mol. The molecule has 0 saturated carbocycles. The predicted octanol–water partition coefficient (Wildman–Crippen LogP) is 7.03. The Bertz CT molecular complexity index is 1950. The second-order valence-corrected chi connectivity index (χ2v) is 17.4. The van der Waals surface area contributed by atoms with Gasteiger partial charge in [-0.15, -0.1) is 0 Å². The molecule has 0 aliphatic carbocycles. The normalized spacial score (nSPS) is 29.6. The molecule has 3 N–H and O–H groups in total. The van der Waals surface area contributed by atoms with Gasteiger partial charge in [-0.2, -0.15) is 12.6 Å². The standard InChI is InChI=1S/C43H56ClN3O10S/c1-23(2)40(50)56-35-21-37(49)47(7)31-18-27(19-32(53-8)38(31)28-14-15-30(29(44)20-28)45-36(48)16-13-25(4)58)17-24(3)11-10-12-34(54-9)43(52)22-33(55-41(51)46-43)26(5)39-42(35,6)57-39/h10-12,14-15,18-20,23,25-26,33-35,39,52,58H,13,16-17,21-22H2,1-9H3,(H,45,48)(H,46,51)/b12-10+,24-11+/t25?,26-,33+,34-,35+,39+,42+,43+/m1/s1. The van der Waals surface area contributed by atoms with Crippen molar-refractivity contribution in [2.45, 2.75) is 115 Å². The highest BCUT2D eigenvalue weighted by molar-refractivity contribution is 7.80. The molecule has 3 aliphatic rings. The first-order valence-electron chi connectivity index (χ1n) is 19.5. The maximum Gasteiger partial charge on any atom is 0.409 e. The molecular formula is C43H56ClN3O10S. The van der Waals surface area contributed by atoms with Crippen LogP contribution in [-0.4, -0.2) is 91.2 Å². The van der Waals surface area contributed by atoms with E-state index in [1.54, 1.807) is 65.3 Å². The third kappa shape index (κ3) is 10.2. The second-order valence-electron chi connectivity index (χ2n) is 16.1. The third-order valence-corrected chi connectivity index (χ3v) is 11.6. The summed E-state index contributed by atoms with van der Waals surface area (Å²) in [5.41, 5.74) is 0.946. The van der Waals surface area contributed by atoms with Crippen LogP contribution in [0.2, 0.25) is 5.02 Å². The SMILES string of the molecule is COc1cc2cc(c1-c1ccc(NC(=O)CCC(C)S)c(Cl)c1)N(C)C(=O)C[C@H](OC(=O)C(C)C)[C@]1(C)O[C@H]1[C@H](C)[C@@H]1C[C@@](O)(NC(=O)O1)[C@H](OC)/C=C/C=C(\C)C2. The van der Waals surface area contributed by atoms with Gasteiger partial charge in [0.05, 0.1) is 41.9 Å². The van der Waals surface area contributed by atoms with E-state index in [2.05, 4.69) is 23.3 Å². The van der Waals surface area contributed by atoms with E-state index in [0.717, 1.165) is 11.1 Å². The van der Waals surface area contributed by atoms with E-state index >= 15 is 0 Å². The number of hydrogen-bond acceptors (Lipinski definition) is 11. The number of fused-ring (bicyclic) bond motifs is 5. The summed E-state index contributed by atoms with van der Waals surface area (Å²) in [6.45, 7) is 10.9. The van der Waals surface area contributed by atoms with Gasteiger partial charge in [0.2, 0.25) is 11.8 Å². The van der Waals surface area contributed by atoms with Gasteiger partial charge in [-0.05, 0) is 67.3 Å². The number of epoxide rings is 1. The molecule has 0 spiro atoms. The number of anilines is 2. The molecular weight excluding hydrogens is 786 g/mol. The molecule has 5 rings (SSSR count). The number of nitrogens with zero attached hydrogens (tertiary/aromatic N) is 1. The number of nitrogens with one attached hydrogen (secondary N) is 2. The van der Waals surface area contributed by atoms with Crippen molar-refractivity contribution in [3.8, 4) is 16.9 Å². The molecule has 3 aliphatic heterocycles. The van der Waals surface area contributed by atoms with Gasteiger partial charge < -0.3 is 39.0 Å². The summed E-state index contributed by atoms with van der Waals surface area (Å²) in [5, 5.41) is 17.5. The number of ether oxygens (including phenoxy) is 5. The minimum atomic E-state index is -1.81. The fourth-order valence-corrected chi connectivity index (χ4v) is 7.90. The zero-order valence-corrected chi connectivity index (χ0v) is 36.2. The number of rotatable bonds is 9. The fraction of sp³-hybridized carbons (Fsp3) is 0.535. The smallest absolute Gasteiger partial charge is 0.409 e. The molecule has 3 amide bonds. The Hall–Kier alpha value is -4.08. The largest absolute Gasteiger partial charge is 0.496 e. The summed E-state index contributed by atoms with van der Waals surface area (Å²) >= 11 is 11.1. The van der Waals surface area contributed by atoms with Crippen LogP contribution in [0.25, 0.3) is 11.1 Å². The van der Waals surface area contributed by atoms with E-state index in [1.807, 2.05) is 39.0 Å². The molecule has 0 aromatic heterocycles. The first kappa shape index (κ1) is 45.0. The van der Waals surface area contributed by atoms with Crippen molar-refractivity contribution in [3.05, 3.63) is 64.7 Å². The quantitative estimate of drug-likeness (QED) is 0.117. The van der Waals surface area contributed by atoms with E-state index in [0.29, 0.717) is 46.1 Å². The summed E-state index contributed by atoms with van der Waals surface area (Å²) in [6, 6.07) is 9.02. The van der Waals surface area contributed by atoms with E-state index in [1.165, 1.54) is 12.0 Å². The van der Waals surface area contributed by atoms with Crippen LogP contribution in [0.15, 0.2) is 54.1 Å². The lowest BCUT2D eigenvalue weighted by Crippen LogP contribution is -2.63. The monoisotopic (exact) mass is 841 g/mol. The zero-order chi connectivity index (χ0) is 42.7. The Kier molecular flexibility index (Phi) is 14.3. The summed E-state index contributed by atoms with van der Waals surface area (Å²) in [4.78, 5) is 54.7. The van der Waals surface area contributed by atoms with Gasteiger partial charge in [0.15, 0.2) is 5.72 Å². The highest BCUT2D eigenvalue weighted by Crippen LogP contribution is 2.49. The molecule has 4 bridgehead atoms. The maximum atomic E-state index is 14.5. The minimum Gasteiger partial charge on any atom is -0.496 e. The number of allylic oxidation sites excluding steroid dienone is 3. The Morgan fingerprint density at radius 2 is 1.90 bits per heavy atom. The van der Waals surface area contributed by atoms with Gasteiger partial charge in [-0.3, -0.25) is 19.7 Å². The number of carbonyl (C=O) groups is 4. The van der Waals surface area contributed by atoms with Gasteiger partial charge in [0, 0.05) is 38.5 Å². The van der Waals surface area contributed by atoms with Crippen LogP contribution in [0.4, 0.5) is 16.2 Å². The first-order chi connectivity index (χ1) is 27.3. The average molecular weight is 842 g/mol. The molecule has 2 fully saturated rings. The van der Waals surface area contributed by atoms with Crippen molar-refractivity contribution in [2.75, 3.05) is 31.5 Å². The molecule has 316 valence electrons. The fourth-order valence-electron chi connectivity index (χ4n) is 7.55. The van der Waals surface area contributed by atoms with E-state index in [-0.39, 0.29) is 36.3 Å². The van der Waals surface area contributed by atoms with Crippen LogP contribution in [-0.2, 0) is 39.8 Å². The van der Waals surface area contributed by atoms with Gasteiger partial charge in [0.1, 0.15) is 29.7 Å². The van der Waals surface area contributed by atoms with Crippen LogP contribution in [0, 0.1) is 11.8 Å². The number of hydrogen-bond donors (Lipinski definition) is 4. The van der Waals surface area contributed by atoms with Crippen LogP contribution in [0.3, 0.4) is 0 Å². The number of halogens is 1. The molecule has 58 heavy (non-hydrogen) atoms. The Balaban J connectivity index is 1.62. The molecule has 1 unspecified atom stereocenters. The highest BCUT2D eigenvalue weighted by atomic mass is 35.5. The minimum absolute atomic E-state index is 0.0272. The average Bonchev–Trinajstić information content (AvgIpc) is 3.86. The lowest BCUT2D eigenvalue weighted by atomic mass is 9.83. The number of esters is 1. The first-order valence-corrected chi connectivity index (χ1v) is 20.4. The lowest BCUT2D eigenvalue weighted by molar-refractivity contribution is -0.157. The Morgan fingerprint density at radius 3 is 2.53 bits per heavy atom. The maximum absolute atomic E-state index is 14.5. The number of benzene rings is 2. The number of thiol groups is 1. The number of amides is 3. The van der Waals surface area contributed by atoms with Crippen molar-refractivity contribution in [1.29, 1.82) is 0 Å². The van der Waals surface area contributed by atoms with Gasteiger partial charge >= 0.3 is 12.1 Å². The third-order valence-electron chi connectivity index (χ3n) is 11.1. The number of alkyl carbamates (subject to hydrolysis) is 1. The molecule has 3 heterocycles. The number of methoxy groups -OCH3 is 2. The molecule has 2 aromatic carbocycles. The summed E-state index contributed by atoms with van der Waals surface area (Å²) in [6.07, 6.45) is 2.17. The van der Waals surface area contributed by atoms with E-state index < -0.39 is 59.6 Å². The van der Waals surface area contributed by atoms with E-state index in [4.69, 9.17) is 35.3 Å². The lowest BCUT2D eigenvalue weighted by Gasteiger charge is -2.42. The van der Waals surface area contributed by atoms with E-state index in [9.17, 15) is 24.3 Å². The zero-order valence-electron chi connectivity index (χ0n) is 34.6. The molecule has 2 aromatic rings.